The standard InChI is InChI=1S/C18H24N4O/c1-13-15(11-20-22(13)14-7-5-4-6-8-14)17(23)21-10-9-16(19)18(2,3)12-21/h4-8,11,16H,9-10,12,19H2,1-3H3. The number of nitrogens with zero attached hydrogens (tertiary/aromatic N) is 3. The molecule has 1 aromatic heterocycles. The molecule has 0 bridgehead atoms. The van der Waals surface area contributed by atoms with E-state index in [9.17, 15) is 4.79 Å². The molecular formula is C18H24N4O. The van der Waals surface area contributed by atoms with Crippen molar-refractivity contribution < 1.29 is 4.79 Å². The Balaban J connectivity index is 1.86. The molecule has 0 aliphatic carbocycles. The van der Waals surface area contributed by atoms with E-state index in [2.05, 4.69) is 18.9 Å². The van der Waals surface area contributed by atoms with Gasteiger partial charge in [-0.05, 0) is 30.9 Å². The van der Waals surface area contributed by atoms with Crippen LogP contribution in [0.5, 0.6) is 0 Å². The van der Waals surface area contributed by atoms with Gasteiger partial charge in [-0.15, -0.1) is 0 Å². The minimum absolute atomic E-state index is 0.0460. The molecule has 1 fully saturated rings. The molecule has 5 nitrogen and oxygen atoms in total. The summed E-state index contributed by atoms with van der Waals surface area (Å²) in [6.45, 7) is 7.57. The third-order valence-electron chi connectivity index (χ3n) is 4.84. The normalized spacial score (nSPS) is 20.5. The molecule has 1 aliphatic heterocycles. The Morgan fingerprint density at radius 1 is 1.30 bits per heavy atom. The Morgan fingerprint density at radius 2 is 2.00 bits per heavy atom. The molecule has 0 radical (unpaired) electrons. The molecule has 1 aromatic carbocycles. The summed E-state index contributed by atoms with van der Waals surface area (Å²) in [5.74, 6) is 0.0460. The van der Waals surface area contributed by atoms with Gasteiger partial charge >= 0.3 is 0 Å². The van der Waals surface area contributed by atoms with Gasteiger partial charge in [0.15, 0.2) is 0 Å². The largest absolute Gasteiger partial charge is 0.338 e. The number of hydrogen-bond donors (Lipinski definition) is 1. The molecule has 1 amide bonds. The topological polar surface area (TPSA) is 64.2 Å². The van der Waals surface area contributed by atoms with Gasteiger partial charge in [0.05, 0.1) is 23.1 Å². The maximum Gasteiger partial charge on any atom is 0.257 e. The van der Waals surface area contributed by atoms with Crippen LogP contribution in [0, 0.1) is 12.3 Å². The van der Waals surface area contributed by atoms with Gasteiger partial charge < -0.3 is 10.6 Å². The molecule has 2 aromatic rings. The lowest BCUT2D eigenvalue weighted by Gasteiger charge is -2.42. The van der Waals surface area contributed by atoms with E-state index in [-0.39, 0.29) is 17.4 Å². The molecule has 1 unspecified atom stereocenters. The summed E-state index contributed by atoms with van der Waals surface area (Å²) in [4.78, 5) is 14.8. The molecule has 1 aliphatic rings. The van der Waals surface area contributed by atoms with Crippen molar-refractivity contribution in [3.63, 3.8) is 0 Å². The Kier molecular flexibility index (Phi) is 3.98. The highest BCUT2D eigenvalue weighted by Crippen LogP contribution is 2.29. The molecule has 2 N–H and O–H groups in total. The van der Waals surface area contributed by atoms with Crippen molar-refractivity contribution in [2.75, 3.05) is 13.1 Å². The second kappa shape index (κ2) is 5.81. The highest BCUT2D eigenvalue weighted by molar-refractivity contribution is 5.95. The predicted molar refractivity (Wildman–Crippen MR) is 90.6 cm³/mol. The number of hydrogen-bond acceptors (Lipinski definition) is 3. The number of piperidine rings is 1. The van der Waals surface area contributed by atoms with Crippen LogP contribution in [0.15, 0.2) is 36.5 Å². The Morgan fingerprint density at radius 3 is 2.65 bits per heavy atom. The van der Waals surface area contributed by atoms with Crippen LogP contribution in [0.3, 0.4) is 0 Å². The quantitative estimate of drug-likeness (QED) is 0.926. The first kappa shape index (κ1) is 15.7. The van der Waals surface area contributed by atoms with Gasteiger partial charge in [-0.2, -0.15) is 5.10 Å². The van der Waals surface area contributed by atoms with Gasteiger partial charge in [0.25, 0.3) is 5.91 Å². The molecule has 3 rings (SSSR count). The minimum Gasteiger partial charge on any atom is -0.338 e. The lowest BCUT2D eigenvalue weighted by atomic mass is 9.79. The first-order valence-corrected chi connectivity index (χ1v) is 8.05. The fourth-order valence-corrected chi connectivity index (χ4v) is 3.17. The van der Waals surface area contributed by atoms with Gasteiger partial charge in [0, 0.05) is 19.1 Å². The third kappa shape index (κ3) is 2.88. The van der Waals surface area contributed by atoms with E-state index in [0.717, 1.165) is 17.8 Å². The summed E-state index contributed by atoms with van der Waals surface area (Å²) in [5, 5.41) is 4.40. The van der Waals surface area contributed by atoms with Gasteiger partial charge in [-0.25, -0.2) is 4.68 Å². The number of amides is 1. The number of likely N-dealkylation sites (tertiary alicyclic amines) is 1. The molecule has 5 heteroatoms. The predicted octanol–water partition coefficient (Wildman–Crippen LogP) is 2.38. The van der Waals surface area contributed by atoms with Crippen LogP contribution < -0.4 is 5.73 Å². The zero-order valence-corrected chi connectivity index (χ0v) is 14.0. The molecule has 1 saturated heterocycles. The van der Waals surface area contributed by atoms with Crippen molar-refractivity contribution in [2.24, 2.45) is 11.1 Å². The van der Waals surface area contributed by atoms with Crippen LogP contribution in [-0.4, -0.2) is 39.7 Å². The summed E-state index contributed by atoms with van der Waals surface area (Å²) in [6, 6.07) is 10.0. The average molecular weight is 312 g/mol. The first-order valence-electron chi connectivity index (χ1n) is 8.05. The zero-order valence-electron chi connectivity index (χ0n) is 14.0. The van der Waals surface area contributed by atoms with Crippen LogP contribution in [0.2, 0.25) is 0 Å². The number of carbonyl (C=O) groups is 1. The van der Waals surface area contributed by atoms with Crippen molar-refractivity contribution in [3.8, 4) is 5.69 Å². The van der Waals surface area contributed by atoms with Crippen LogP contribution in [0.4, 0.5) is 0 Å². The number of aromatic nitrogens is 2. The van der Waals surface area contributed by atoms with Gasteiger partial charge in [-0.3, -0.25) is 4.79 Å². The van der Waals surface area contributed by atoms with E-state index in [1.165, 1.54) is 0 Å². The SMILES string of the molecule is Cc1c(C(=O)N2CCC(N)C(C)(C)C2)cnn1-c1ccccc1. The first-order chi connectivity index (χ1) is 10.9. The molecule has 0 spiro atoms. The van der Waals surface area contributed by atoms with E-state index < -0.39 is 0 Å². The highest BCUT2D eigenvalue weighted by Gasteiger charge is 2.36. The molecule has 122 valence electrons. The van der Waals surface area contributed by atoms with Crippen molar-refractivity contribution >= 4 is 5.91 Å². The summed E-state index contributed by atoms with van der Waals surface area (Å²) in [6.07, 6.45) is 2.51. The lowest BCUT2D eigenvalue weighted by molar-refractivity contribution is 0.0532. The number of benzene rings is 1. The number of nitrogens with two attached hydrogens (primary N) is 1. The number of para-hydroxylation sites is 1. The Hall–Kier alpha value is -2.14. The van der Waals surface area contributed by atoms with Crippen molar-refractivity contribution in [3.05, 3.63) is 47.8 Å². The third-order valence-corrected chi connectivity index (χ3v) is 4.84. The smallest absolute Gasteiger partial charge is 0.257 e. The van der Waals surface area contributed by atoms with Gasteiger partial charge in [-0.1, -0.05) is 32.0 Å². The summed E-state index contributed by atoms with van der Waals surface area (Å²) < 4.78 is 1.81. The van der Waals surface area contributed by atoms with Crippen LogP contribution in [0.25, 0.3) is 5.69 Å². The molecule has 0 saturated carbocycles. The molecule has 1 atom stereocenters. The second-order valence-electron chi connectivity index (χ2n) is 7.00. The summed E-state index contributed by atoms with van der Waals surface area (Å²) in [7, 11) is 0. The monoisotopic (exact) mass is 312 g/mol. The minimum atomic E-state index is -0.0583. The maximum atomic E-state index is 12.9. The molecule has 2 heterocycles. The van der Waals surface area contributed by atoms with E-state index in [1.54, 1.807) is 6.20 Å². The average Bonchev–Trinajstić information content (AvgIpc) is 2.91. The van der Waals surface area contributed by atoms with Crippen LogP contribution >= 0.6 is 0 Å². The van der Waals surface area contributed by atoms with Crippen molar-refractivity contribution in [2.45, 2.75) is 33.2 Å². The fraction of sp³-hybridized carbons (Fsp3) is 0.444. The zero-order chi connectivity index (χ0) is 16.6. The van der Waals surface area contributed by atoms with E-state index in [1.807, 2.05) is 46.8 Å². The summed E-state index contributed by atoms with van der Waals surface area (Å²) in [5.41, 5.74) is 8.61. The maximum absolute atomic E-state index is 12.9. The van der Waals surface area contributed by atoms with E-state index >= 15 is 0 Å². The van der Waals surface area contributed by atoms with E-state index in [0.29, 0.717) is 18.7 Å². The molecular weight excluding hydrogens is 288 g/mol. The molecule has 23 heavy (non-hydrogen) atoms. The van der Waals surface area contributed by atoms with Gasteiger partial charge in [0.2, 0.25) is 0 Å². The van der Waals surface area contributed by atoms with E-state index in [4.69, 9.17) is 5.73 Å². The second-order valence-corrected chi connectivity index (χ2v) is 7.00. The van der Waals surface area contributed by atoms with Crippen molar-refractivity contribution in [1.29, 1.82) is 0 Å². The summed E-state index contributed by atoms with van der Waals surface area (Å²) >= 11 is 0. The van der Waals surface area contributed by atoms with Gasteiger partial charge in [0.1, 0.15) is 0 Å². The lowest BCUT2D eigenvalue weighted by Crippen LogP contribution is -2.54. The highest BCUT2D eigenvalue weighted by atomic mass is 16.2. The van der Waals surface area contributed by atoms with Crippen LogP contribution in [-0.2, 0) is 0 Å². The van der Waals surface area contributed by atoms with Crippen LogP contribution in [0.1, 0.15) is 36.3 Å². The number of rotatable bonds is 2. The van der Waals surface area contributed by atoms with Crippen molar-refractivity contribution in [1.82, 2.24) is 14.7 Å². The number of carbonyl (C=O) groups excluding carboxylic acids is 1. The fourth-order valence-electron chi connectivity index (χ4n) is 3.17. The Bertz CT molecular complexity index is 705. The Labute approximate surface area is 137 Å².